The lowest BCUT2D eigenvalue weighted by atomic mass is 10.0. The minimum atomic E-state index is -0.437. The average Bonchev–Trinajstić information content (AvgIpc) is 2.17. The molecule has 4 nitrogen and oxygen atoms in total. The first-order valence-electron chi connectivity index (χ1n) is 4.58. The van der Waals surface area contributed by atoms with E-state index >= 15 is 0 Å². The van der Waals surface area contributed by atoms with Crippen LogP contribution < -0.4 is 5.32 Å². The number of halogens is 1. The van der Waals surface area contributed by atoms with Crippen LogP contribution in [0.1, 0.15) is 18.0 Å². The molecule has 0 spiro atoms. The fourth-order valence-electron chi connectivity index (χ4n) is 1.57. The predicted molar refractivity (Wildman–Crippen MR) is 57.6 cm³/mol. The number of alkyl carbamates (subject to hydrolysis) is 1. The molecule has 1 atom stereocenters. The lowest BCUT2D eigenvalue weighted by Crippen LogP contribution is -2.35. The Morgan fingerprint density at radius 2 is 2.33 bits per heavy atom. The van der Waals surface area contributed by atoms with E-state index < -0.39 is 6.09 Å². The summed E-state index contributed by atoms with van der Waals surface area (Å²) in [6.45, 7) is 0.381. The van der Waals surface area contributed by atoms with Crippen molar-refractivity contribution in [3.63, 3.8) is 0 Å². The van der Waals surface area contributed by atoms with E-state index in [0.717, 1.165) is 10.0 Å². The standard InChI is InChI=1S/C10H10BrNO3/c11-6-1-2-7(9(13)5-6)8-3-4-15-10(14)12-8/h1-2,5,8,13H,3-4H2,(H,12,14)/t8-/m0/s1. The highest BCUT2D eigenvalue weighted by Gasteiger charge is 2.22. The highest BCUT2D eigenvalue weighted by molar-refractivity contribution is 9.10. The summed E-state index contributed by atoms with van der Waals surface area (Å²) in [4.78, 5) is 11.0. The van der Waals surface area contributed by atoms with Gasteiger partial charge in [0.2, 0.25) is 0 Å². The second kappa shape index (κ2) is 4.10. The van der Waals surface area contributed by atoms with Crippen molar-refractivity contribution in [1.82, 2.24) is 5.32 Å². The zero-order valence-electron chi connectivity index (χ0n) is 7.87. The van der Waals surface area contributed by atoms with Crippen LogP contribution in [0.5, 0.6) is 5.75 Å². The van der Waals surface area contributed by atoms with Gasteiger partial charge in [0.15, 0.2) is 0 Å². The van der Waals surface area contributed by atoms with Crippen molar-refractivity contribution in [3.05, 3.63) is 28.2 Å². The number of nitrogens with one attached hydrogen (secondary N) is 1. The highest BCUT2D eigenvalue weighted by atomic mass is 79.9. The Labute approximate surface area is 95.4 Å². The van der Waals surface area contributed by atoms with E-state index in [4.69, 9.17) is 4.74 Å². The predicted octanol–water partition coefficient (Wildman–Crippen LogP) is 2.33. The number of hydrogen-bond donors (Lipinski definition) is 2. The van der Waals surface area contributed by atoms with E-state index in [1.807, 2.05) is 6.07 Å². The number of carbonyl (C=O) groups excluding carboxylic acids is 1. The summed E-state index contributed by atoms with van der Waals surface area (Å²) in [7, 11) is 0. The summed E-state index contributed by atoms with van der Waals surface area (Å²) >= 11 is 3.26. The lowest BCUT2D eigenvalue weighted by molar-refractivity contribution is 0.115. The maximum atomic E-state index is 11.0. The molecule has 1 fully saturated rings. The van der Waals surface area contributed by atoms with Crippen LogP contribution in [0.2, 0.25) is 0 Å². The van der Waals surface area contributed by atoms with E-state index in [1.165, 1.54) is 0 Å². The topological polar surface area (TPSA) is 58.6 Å². The van der Waals surface area contributed by atoms with Gasteiger partial charge in [-0.15, -0.1) is 0 Å². The summed E-state index contributed by atoms with van der Waals surface area (Å²) in [6, 6.07) is 5.06. The molecule has 1 aromatic carbocycles. The van der Waals surface area contributed by atoms with Gasteiger partial charge in [-0.25, -0.2) is 4.79 Å². The van der Waals surface area contributed by atoms with Gasteiger partial charge in [-0.3, -0.25) is 0 Å². The Hall–Kier alpha value is -1.23. The number of amides is 1. The molecule has 2 rings (SSSR count). The van der Waals surface area contributed by atoms with E-state index in [9.17, 15) is 9.90 Å². The van der Waals surface area contributed by atoms with Crippen molar-refractivity contribution in [1.29, 1.82) is 0 Å². The molecular formula is C10H10BrNO3. The first kappa shape index (κ1) is 10.3. The van der Waals surface area contributed by atoms with Gasteiger partial charge < -0.3 is 15.2 Å². The van der Waals surface area contributed by atoms with Gasteiger partial charge >= 0.3 is 6.09 Å². The number of cyclic esters (lactones) is 1. The van der Waals surface area contributed by atoms with Gasteiger partial charge in [0.25, 0.3) is 0 Å². The number of aromatic hydroxyl groups is 1. The maximum Gasteiger partial charge on any atom is 0.407 e. The Morgan fingerprint density at radius 1 is 1.53 bits per heavy atom. The summed E-state index contributed by atoms with van der Waals surface area (Å²) in [5.74, 6) is 0.177. The molecule has 1 amide bonds. The molecule has 1 aromatic rings. The van der Waals surface area contributed by atoms with E-state index in [2.05, 4.69) is 21.2 Å². The van der Waals surface area contributed by atoms with Crippen molar-refractivity contribution in [2.75, 3.05) is 6.61 Å². The molecule has 0 radical (unpaired) electrons. The van der Waals surface area contributed by atoms with Crippen LogP contribution in [-0.2, 0) is 4.74 Å². The van der Waals surface area contributed by atoms with Crippen LogP contribution in [0.4, 0.5) is 4.79 Å². The largest absolute Gasteiger partial charge is 0.508 e. The number of benzene rings is 1. The third kappa shape index (κ3) is 2.23. The Balaban J connectivity index is 2.24. The quantitative estimate of drug-likeness (QED) is 0.824. The van der Waals surface area contributed by atoms with Crippen LogP contribution in [0.25, 0.3) is 0 Å². The zero-order valence-corrected chi connectivity index (χ0v) is 9.45. The fourth-order valence-corrected chi connectivity index (χ4v) is 1.92. The molecule has 1 aliphatic heterocycles. The number of rotatable bonds is 1. The summed E-state index contributed by atoms with van der Waals surface area (Å²) < 4.78 is 5.56. The molecule has 80 valence electrons. The van der Waals surface area contributed by atoms with Gasteiger partial charge in [-0.2, -0.15) is 0 Å². The van der Waals surface area contributed by atoms with Crippen LogP contribution in [0, 0.1) is 0 Å². The molecule has 1 heterocycles. The molecule has 2 N–H and O–H groups in total. The van der Waals surface area contributed by atoms with Crippen molar-refractivity contribution in [2.24, 2.45) is 0 Å². The second-order valence-electron chi connectivity index (χ2n) is 3.32. The van der Waals surface area contributed by atoms with Crippen LogP contribution >= 0.6 is 15.9 Å². The lowest BCUT2D eigenvalue weighted by Gasteiger charge is -2.24. The SMILES string of the molecule is O=C1N[C@H](c2ccc(Br)cc2O)CCO1. The first-order valence-corrected chi connectivity index (χ1v) is 5.38. The number of hydrogen-bond acceptors (Lipinski definition) is 3. The van der Waals surface area contributed by atoms with Crippen molar-refractivity contribution < 1.29 is 14.6 Å². The Bertz CT molecular complexity index is 394. The van der Waals surface area contributed by atoms with Crippen molar-refractivity contribution in [2.45, 2.75) is 12.5 Å². The molecule has 0 aromatic heterocycles. The highest BCUT2D eigenvalue weighted by Crippen LogP contribution is 2.30. The average molecular weight is 272 g/mol. The molecule has 1 saturated heterocycles. The van der Waals surface area contributed by atoms with Gasteiger partial charge in [0, 0.05) is 16.5 Å². The summed E-state index contributed by atoms with van der Waals surface area (Å²) in [5, 5.41) is 12.4. The zero-order chi connectivity index (χ0) is 10.8. The van der Waals surface area contributed by atoms with Crippen molar-refractivity contribution >= 4 is 22.0 Å². The third-order valence-corrected chi connectivity index (χ3v) is 2.79. The molecule has 0 unspecified atom stereocenters. The number of phenolic OH excluding ortho intramolecular Hbond substituents is 1. The third-order valence-electron chi connectivity index (χ3n) is 2.30. The Kier molecular flexibility index (Phi) is 2.81. The smallest absolute Gasteiger partial charge is 0.407 e. The molecular weight excluding hydrogens is 262 g/mol. The summed E-state index contributed by atoms with van der Waals surface area (Å²) in [6.07, 6.45) is 0.231. The van der Waals surface area contributed by atoms with E-state index in [1.54, 1.807) is 12.1 Å². The van der Waals surface area contributed by atoms with Gasteiger partial charge in [-0.1, -0.05) is 22.0 Å². The first-order chi connectivity index (χ1) is 7.16. The van der Waals surface area contributed by atoms with Crippen molar-refractivity contribution in [3.8, 4) is 5.75 Å². The number of phenols is 1. The normalized spacial score (nSPS) is 20.6. The van der Waals surface area contributed by atoms with Crippen LogP contribution in [0.15, 0.2) is 22.7 Å². The second-order valence-corrected chi connectivity index (χ2v) is 4.24. The monoisotopic (exact) mass is 271 g/mol. The van der Waals surface area contributed by atoms with E-state index in [-0.39, 0.29) is 11.8 Å². The van der Waals surface area contributed by atoms with Gasteiger partial charge in [-0.05, 0) is 12.1 Å². The van der Waals surface area contributed by atoms with E-state index in [0.29, 0.717) is 13.0 Å². The molecule has 0 bridgehead atoms. The molecule has 0 aliphatic carbocycles. The van der Waals surface area contributed by atoms with Gasteiger partial charge in [0.05, 0.1) is 12.6 Å². The van der Waals surface area contributed by atoms with Crippen LogP contribution in [0.3, 0.4) is 0 Å². The molecule has 0 saturated carbocycles. The summed E-state index contributed by atoms with van der Waals surface area (Å²) in [5.41, 5.74) is 0.717. The number of ether oxygens (including phenoxy) is 1. The molecule has 5 heteroatoms. The minimum absolute atomic E-state index is 0.167. The van der Waals surface area contributed by atoms with Gasteiger partial charge in [0.1, 0.15) is 5.75 Å². The molecule has 15 heavy (non-hydrogen) atoms. The number of carbonyl (C=O) groups is 1. The minimum Gasteiger partial charge on any atom is -0.508 e. The van der Waals surface area contributed by atoms with Crippen LogP contribution in [-0.4, -0.2) is 17.8 Å². The fraction of sp³-hybridized carbons (Fsp3) is 0.300. The maximum absolute atomic E-state index is 11.0. The molecule has 1 aliphatic rings. The Morgan fingerprint density at radius 3 is 3.00 bits per heavy atom.